The largest absolute Gasteiger partial charge is 0.342 e. The number of aryl methyl sites for hydroxylation is 2. The van der Waals surface area contributed by atoms with Crippen LogP contribution in [0.5, 0.6) is 0 Å². The van der Waals surface area contributed by atoms with E-state index in [1.165, 1.54) is 47.1 Å². The second-order valence-electron chi connectivity index (χ2n) is 8.06. The predicted octanol–water partition coefficient (Wildman–Crippen LogP) is 5.27. The average Bonchev–Trinajstić information content (AvgIpc) is 3.21. The van der Waals surface area contributed by atoms with Crippen molar-refractivity contribution in [1.29, 1.82) is 0 Å². The number of thioether (sulfide) groups is 1. The lowest BCUT2D eigenvalue weighted by atomic mass is 9.89. The number of nitrogens with one attached hydrogen (secondary N) is 1. The number of hydrogen-bond donors (Lipinski definition) is 1. The molecule has 3 aromatic rings. The summed E-state index contributed by atoms with van der Waals surface area (Å²) in [6, 6.07) is 6.58. The minimum atomic E-state index is -0.132. The molecular formula is C24H29N3O2S2. The predicted molar refractivity (Wildman–Crippen MR) is 130 cm³/mol. The van der Waals surface area contributed by atoms with Gasteiger partial charge in [-0.2, -0.15) is 0 Å². The van der Waals surface area contributed by atoms with Gasteiger partial charge in [-0.05, 0) is 55.2 Å². The molecule has 0 spiro atoms. The zero-order chi connectivity index (χ0) is 21.8. The lowest BCUT2D eigenvalue weighted by Gasteiger charge is -2.21. The molecule has 1 aliphatic rings. The topological polar surface area (TPSA) is 66.1 Å². The first kappa shape index (κ1) is 22.1. The first-order chi connectivity index (χ1) is 15.1. The third-order valence-electron chi connectivity index (χ3n) is 5.75. The Kier molecular flexibility index (Phi) is 7.13. The molecule has 31 heavy (non-hydrogen) atoms. The third-order valence-corrected chi connectivity index (χ3v) is 7.48. The van der Waals surface area contributed by atoms with Crippen LogP contribution in [0, 0.1) is 0 Å². The van der Waals surface area contributed by atoms with Gasteiger partial charge < -0.3 is 9.88 Å². The van der Waals surface area contributed by atoms with Crippen LogP contribution in [0.3, 0.4) is 0 Å². The Hall–Kier alpha value is -2.12. The maximum absolute atomic E-state index is 12.9. The van der Waals surface area contributed by atoms with Crippen LogP contribution in [0.1, 0.15) is 50.7 Å². The zero-order valence-corrected chi connectivity index (χ0v) is 19.8. The molecule has 0 saturated heterocycles. The van der Waals surface area contributed by atoms with Gasteiger partial charge in [0, 0.05) is 24.0 Å². The Bertz CT molecular complexity index is 1130. The van der Waals surface area contributed by atoms with Gasteiger partial charge in [0.05, 0.1) is 11.1 Å². The summed E-state index contributed by atoms with van der Waals surface area (Å²) in [7, 11) is 0. The number of H-pyrrole nitrogens is 1. The molecule has 1 amide bonds. The number of aromatic amines is 1. The third kappa shape index (κ3) is 4.88. The minimum absolute atomic E-state index is 0.0948. The van der Waals surface area contributed by atoms with Gasteiger partial charge in [0.15, 0.2) is 5.16 Å². The molecule has 0 bridgehead atoms. The van der Waals surface area contributed by atoms with E-state index in [4.69, 9.17) is 0 Å². The van der Waals surface area contributed by atoms with Gasteiger partial charge in [-0.15, -0.1) is 11.3 Å². The maximum Gasteiger partial charge on any atom is 0.260 e. The summed E-state index contributed by atoms with van der Waals surface area (Å²) < 4.78 is 0. The number of fused-ring (bicyclic) bond motifs is 2. The number of amides is 1. The van der Waals surface area contributed by atoms with Crippen molar-refractivity contribution in [3.8, 4) is 11.1 Å². The van der Waals surface area contributed by atoms with Gasteiger partial charge in [0.2, 0.25) is 5.91 Å². The van der Waals surface area contributed by atoms with Crippen molar-refractivity contribution in [3.63, 3.8) is 0 Å². The van der Waals surface area contributed by atoms with Gasteiger partial charge in [0.1, 0.15) is 4.83 Å². The second-order valence-corrected chi connectivity index (χ2v) is 9.88. The Balaban J connectivity index is 1.56. The molecule has 4 rings (SSSR count). The SMILES string of the molecule is CCCN(CCC)C(=O)CSc1nc2scc(-c3ccc4c(c3)CCCC4)c2c(=O)[nH]1. The smallest absolute Gasteiger partial charge is 0.260 e. The monoisotopic (exact) mass is 455 g/mol. The molecule has 7 heteroatoms. The van der Waals surface area contributed by atoms with Crippen LogP contribution < -0.4 is 5.56 Å². The summed E-state index contributed by atoms with van der Waals surface area (Å²) in [4.78, 5) is 35.6. The standard InChI is InChI=1S/C24H29N3O2S2/c1-3-11-27(12-4-2)20(28)15-31-24-25-22(29)21-19(14-30-23(21)26-24)18-10-9-16-7-5-6-8-17(16)13-18/h9-10,13-14H,3-8,11-12,15H2,1-2H3,(H,25,26,29). The summed E-state index contributed by atoms with van der Waals surface area (Å²) in [5.74, 6) is 0.384. The molecule has 1 N–H and O–H groups in total. The Morgan fingerprint density at radius 2 is 1.90 bits per heavy atom. The average molecular weight is 456 g/mol. The fourth-order valence-electron chi connectivity index (χ4n) is 4.23. The summed E-state index contributed by atoms with van der Waals surface area (Å²) >= 11 is 2.80. The molecule has 0 aliphatic heterocycles. The Morgan fingerprint density at radius 3 is 2.65 bits per heavy atom. The molecule has 2 aromatic heterocycles. The molecule has 0 saturated carbocycles. The van der Waals surface area contributed by atoms with Crippen LogP contribution in [0.15, 0.2) is 33.5 Å². The highest BCUT2D eigenvalue weighted by atomic mass is 32.2. The number of thiophene rings is 1. The summed E-state index contributed by atoms with van der Waals surface area (Å²) in [5.41, 5.74) is 4.75. The lowest BCUT2D eigenvalue weighted by molar-refractivity contribution is -0.128. The van der Waals surface area contributed by atoms with Crippen molar-refractivity contribution in [2.75, 3.05) is 18.8 Å². The fraction of sp³-hybridized carbons (Fsp3) is 0.458. The number of carbonyl (C=O) groups excluding carboxylic acids is 1. The van der Waals surface area contributed by atoms with E-state index in [2.05, 4.69) is 42.0 Å². The van der Waals surface area contributed by atoms with Crippen molar-refractivity contribution in [1.82, 2.24) is 14.9 Å². The van der Waals surface area contributed by atoms with E-state index in [-0.39, 0.29) is 17.2 Å². The number of rotatable bonds is 8. The van der Waals surface area contributed by atoms with Crippen LogP contribution in [-0.2, 0) is 17.6 Å². The molecule has 0 atom stereocenters. The molecule has 5 nitrogen and oxygen atoms in total. The highest BCUT2D eigenvalue weighted by Gasteiger charge is 2.17. The van der Waals surface area contributed by atoms with Crippen LogP contribution in [-0.4, -0.2) is 39.6 Å². The zero-order valence-electron chi connectivity index (χ0n) is 18.2. The minimum Gasteiger partial charge on any atom is -0.342 e. The van der Waals surface area contributed by atoms with E-state index in [9.17, 15) is 9.59 Å². The number of hydrogen-bond acceptors (Lipinski definition) is 5. The van der Waals surface area contributed by atoms with E-state index in [1.807, 2.05) is 10.3 Å². The number of benzene rings is 1. The molecule has 2 heterocycles. The van der Waals surface area contributed by atoms with Crippen molar-refractivity contribution >= 4 is 39.2 Å². The molecular weight excluding hydrogens is 426 g/mol. The molecule has 1 aromatic carbocycles. The van der Waals surface area contributed by atoms with Crippen molar-refractivity contribution in [2.24, 2.45) is 0 Å². The van der Waals surface area contributed by atoms with Crippen LogP contribution in [0.2, 0.25) is 0 Å². The second kappa shape index (κ2) is 10.0. The molecule has 0 radical (unpaired) electrons. The van der Waals surface area contributed by atoms with Crippen molar-refractivity contribution in [2.45, 2.75) is 57.5 Å². The van der Waals surface area contributed by atoms with Gasteiger partial charge in [-0.3, -0.25) is 9.59 Å². The summed E-state index contributed by atoms with van der Waals surface area (Å²) in [6.07, 6.45) is 6.64. The quantitative estimate of drug-likeness (QED) is 0.371. The van der Waals surface area contributed by atoms with E-state index < -0.39 is 0 Å². The maximum atomic E-state index is 12.9. The van der Waals surface area contributed by atoms with E-state index in [0.29, 0.717) is 10.5 Å². The van der Waals surface area contributed by atoms with Gasteiger partial charge in [-0.25, -0.2) is 4.98 Å². The highest BCUT2D eigenvalue weighted by Crippen LogP contribution is 2.34. The Morgan fingerprint density at radius 1 is 1.16 bits per heavy atom. The van der Waals surface area contributed by atoms with E-state index >= 15 is 0 Å². The fourth-order valence-corrected chi connectivity index (χ4v) is 6.00. The van der Waals surface area contributed by atoms with Gasteiger partial charge >= 0.3 is 0 Å². The van der Waals surface area contributed by atoms with Crippen LogP contribution >= 0.6 is 23.1 Å². The van der Waals surface area contributed by atoms with Crippen molar-refractivity contribution in [3.05, 3.63) is 45.1 Å². The number of nitrogens with zero attached hydrogens (tertiary/aromatic N) is 2. The van der Waals surface area contributed by atoms with Crippen LogP contribution in [0.4, 0.5) is 0 Å². The van der Waals surface area contributed by atoms with Crippen LogP contribution in [0.25, 0.3) is 21.3 Å². The lowest BCUT2D eigenvalue weighted by Crippen LogP contribution is -2.33. The summed E-state index contributed by atoms with van der Waals surface area (Å²) in [6.45, 7) is 5.69. The van der Waals surface area contributed by atoms with Gasteiger partial charge in [0.25, 0.3) is 5.56 Å². The highest BCUT2D eigenvalue weighted by molar-refractivity contribution is 7.99. The van der Waals surface area contributed by atoms with Crippen molar-refractivity contribution < 1.29 is 4.79 Å². The van der Waals surface area contributed by atoms with E-state index in [1.54, 1.807) is 0 Å². The normalized spacial score (nSPS) is 13.4. The summed E-state index contributed by atoms with van der Waals surface area (Å²) in [5, 5.41) is 3.19. The Labute approximate surface area is 191 Å². The number of aromatic nitrogens is 2. The molecule has 1 aliphatic carbocycles. The van der Waals surface area contributed by atoms with E-state index in [0.717, 1.165) is 54.7 Å². The van der Waals surface area contributed by atoms with Gasteiger partial charge in [-0.1, -0.05) is 43.8 Å². The molecule has 0 unspecified atom stereocenters. The number of carbonyl (C=O) groups is 1. The molecule has 164 valence electrons. The first-order valence-corrected chi connectivity index (χ1v) is 13.0. The first-order valence-electron chi connectivity index (χ1n) is 11.1. The molecule has 0 fully saturated rings.